The first-order valence-corrected chi connectivity index (χ1v) is 9.72. The van der Waals surface area contributed by atoms with Crippen molar-refractivity contribution in [3.63, 3.8) is 0 Å². The minimum absolute atomic E-state index is 0.177. The highest BCUT2D eigenvalue weighted by Gasteiger charge is 2.28. The van der Waals surface area contributed by atoms with E-state index in [-0.39, 0.29) is 5.69 Å². The number of hydrogen-bond donors (Lipinski definition) is 1. The monoisotopic (exact) mass is 373 g/mol. The van der Waals surface area contributed by atoms with Gasteiger partial charge in [-0.2, -0.15) is 5.10 Å². The number of amides is 1. The van der Waals surface area contributed by atoms with Gasteiger partial charge in [-0.05, 0) is 42.4 Å². The second kappa shape index (κ2) is 7.79. The normalized spacial score (nSPS) is 17.0. The molecule has 27 heavy (non-hydrogen) atoms. The lowest BCUT2D eigenvalue weighted by atomic mass is 9.87. The molecule has 1 N–H and O–H groups in total. The number of rotatable bonds is 5. The molecule has 0 saturated heterocycles. The number of halogens is 1. The number of nitrogens with one attached hydrogen (secondary N) is 1. The molecule has 1 aliphatic carbocycles. The maximum atomic E-state index is 13.8. The van der Waals surface area contributed by atoms with Gasteiger partial charge in [0.25, 0.3) is 5.91 Å². The number of aldehydes is 1. The molecule has 1 saturated carbocycles. The van der Waals surface area contributed by atoms with Gasteiger partial charge in [0, 0.05) is 11.9 Å². The molecule has 0 spiro atoms. The number of nitrogens with zero attached hydrogens (tertiary/aromatic N) is 2. The lowest BCUT2D eigenvalue weighted by Gasteiger charge is -2.26. The molecule has 1 heterocycles. The maximum absolute atomic E-state index is 13.8. The Bertz CT molecular complexity index is 832. The number of carbonyl (C=O) groups is 2. The average Bonchev–Trinajstić information content (AvgIpc) is 2.97. The van der Waals surface area contributed by atoms with E-state index in [4.69, 9.17) is 0 Å². The number of aromatic nitrogens is 2. The Balaban J connectivity index is 1.93. The third kappa shape index (κ3) is 4.37. The highest BCUT2D eigenvalue weighted by atomic mass is 19.1. The Hall–Kier alpha value is -2.24. The van der Waals surface area contributed by atoms with Crippen molar-refractivity contribution in [1.82, 2.24) is 15.1 Å². The van der Waals surface area contributed by atoms with E-state index in [1.165, 1.54) is 31.4 Å². The number of carbonyl (C=O) groups excluding carboxylic acids is 2. The molecule has 1 unspecified atom stereocenters. The van der Waals surface area contributed by atoms with Crippen LogP contribution in [-0.4, -0.2) is 28.0 Å². The van der Waals surface area contributed by atoms with Crippen LogP contribution in [0.25, 0.3) is 10.9 Å². The first-order chi connectivity index (χ1) is 12.8. The van der Waals surface area contributed by atoms with Crippen LogP contribution in [0.3, 0.4) is 0 Å². The maximum Gasteiger partial charge on any atom is 0.273 e. The second-order valence-corrected chi connectivity index (χ2v) is 8.65. The molecule has 3 rings (SSSR count). The predicted molar refractivity (Wildman–Crippen MR) is 103 cm³/mol. The third-order valence-electron chi connectivity index (χ3n) is 5.44. The molecule has 1 aromatic carbocycles. The summed E-state index contributed by atoms with van der Waals surface area (Å²) in [4.78, 5) is 24.2. The van der Waals surface area contributed by atoms with Crippen LogP contribution in [0, 0.1) is 17.2 Å². The molecule has 1 aromatic heterocycles. The van der Waals surface area contributed by atoms with Crippen LogP contribution < -0.4 is 5.32 Å². The van der Waals surface area contributed by atoms with E-state index >= 15 is 0 Å². The van der Waals surface area contributed by atoms with Gasteiger partial charge in [0.15, 0.2) is 5.69 Å². The number of benzene rings is 1. The zero-order valence-electron chi connectivity index (χ0n) is 16.3. The van der Waals surface area contributed by atoms with E-state index < -0.39 is 23.2 Å². The topological polar surface area (TPSA) is 64.0 Å². The van der Waals surface area contributed by atoms with Crippen LogP contribution in [0.5, 0.6) is 0 Å². The lowest BCUT2D eigenvalue weighted by molar-refractivity contribution is -0.111. The summed E-state index contributed by atoms with van der Waals surface area (Å²) in [6.45, 7) is 6.37. The molecule has 1 amide bonds. The van der Waals surface area contributed by atoms with Crippen molar-refractivity contribution in [2.24, 2.45) is 11.3 Å². The quantitative estimate of drug-likeness (QED) is 0.803. The van der Waals surface area contributed by atoms with Crippen LogP contribution in [0.1, 0.15) is 63.4 Å². The minimum Gasteiger partial charge on any atom is -0.341 e. The molecule has 146 valence electrons. The van der Waals surface area contributed by atoms with Gasteiger partial charge >= 0.3 is 0 Å². The van der Waals surface area contributed by atoms with Crippen molar-refractivity contribution < 1.29 is 14.0 Å². The van der Waals surface area contributed by atoms with Crippen molar-refractivity contribution in [2.75, 3.05) is 0 Å². The molecule has 1 atom stereocenters. The highest BCUT2D eigenvalue weighted by molar-refractivity contribution is 6.05. The van der Waals surface area contributed by atoms with E-state index in [1.54, 1.807) is 6.07 Å². The predicted octanol–water partition coefficient (Wildman–Crippen LogP) is 4.10. The smallest absolute Gasteiger partial charge is 0.273 e. The Kier molecular flexibility index (Phi) is 5.63. The van der Waals surface area contributed by atoms with E-state index in [2.05, 4.69) is 10.4 Å². The van der Waals surface area contributed by atoms with Crippen LogP contribution in [0.2, 0.25) is 0 Å². The van der Waals surface area contributed by atoms with Gasteiger partial charge in [-0.15, -0.1) is 0 Å². The summed E-state index contributed by atoms with van der Waals surface area (Å²) >= 11 is 0. The van der Waals surface area contributed by atoms with Gasteiger partial charge in [0.1, 0.15) is 12.1 Å². The fourth-order valence-electron chi connectivity index (χ4n) is 3.74. The zero-order chi connectivity index (χ0) is 19.6. The van der Waals surface area contributed by atoms with E-state index in [9.17, 15) is 14.0 Å². The van der Waals surface area contributed by atoms with Crippen molar-refractivity contribution in [2.45, 2.75) is 65.5 Å². The van der Waals surface area contributed by atoms with Crippen LogP contribution >= 0.6 is 0 Å². The summed E-state index contributed by atoms with van der Waals surface area (Å²) in [5.74, 6) is -0.323. The zero-order valence-corrected chi connectivity index (χ0v) is 16.3. The van der Waals surface area contributed by atoms with Crippen molar-refractivity contribution in [3.8, 4) is 0 Å². The van der Waals surface area contributed by atoms with Crippen LogP contribution in [0.4, 0.5) is 4.39 Å². The van der Waals surface area contributed by atoms with Gasteiger partial charge in [-0.3, -0.25) is 9.48 Å². The molecule has 1 aliphatic rings. The van der Waals surface area contributed by atoms with E-state index in [0.29, 0.717) is 11.3 Å². The van der Waals surface area contributed by atoms with E-state index in [0.717, 1.165) is 31.2 Å². The summed E-state index contributed by atoms with van der Waals surface area (Å²) < 4.78 is 15.7. The van der Waals surface area contributed by atoms with Crippen LogP contribution in [0.15, 0.2) is 18.2 Å². The molecular formula is C21H28FN3O2. The first kappa shape index (κ1) is 19.5. The molecular weight excluding hydrogens is 345 g/mol. The molecule has 5 nitrogen and oxygen atoms in total. The molecule has 0 aliphatic heterocycles. The van der Waals surface area contributed by atoms with Gasteiger partial charge in [-0.1, -0.05) is 40.0 Å². The van der Waals surface area contributed by atoms with Crippen LogP contribution in [-0.2, 0) is 11.3 Å². The lowest BCUT2D eigenvalue weighted by Crippen LogP contribution is -2.45. The number of hydrogen-bond acceptors (Lipinski definition) is 3. The Morgan fingerprint density at radius 2 is 2.04 bits per heavy atom. The summed E-state index contributed by atoms with van der Waals surface area (Å²) in [7, 11) is 0. The molecule has 0 bridgehead atoms. The van der Waals surface area contributed by atoms with Gasteiger partial charge < -0.3 is 10.1 Å². The Labute approximate surface area is 159 Å². The molecule has 1 fully saturated rings. The standard InChI is InChI=1S/C21H28FN3O2/c1-21(2,3)18(13-26)23-20(27)19-16-11-15(22)9-10-17(16)25(24-19)12-14-7-5-4-6-8-14/h9-11,13-14,18H,4-8,12H2,1-3H3,(H,23,27). The summed E-state index contributed by atoms with van der Waals surface area (Å²) in [6.07, 6.45) is 6.76. The highest BCUT2D eigenvalue weighted by Crippen LogP contribution is 2.28. The van der Waals surface area contributed by atoms with Gasteiger partial charge in [0.05, 0.1) is 11.6 Å². The summed E-state index contributed by atoms with van der Waals surface area (Å²) in [5.41, 5.74) is 0.519. The Morgan fingerprint density at radius 3 is 2.67 bits per heavy atom. The van der Waals surface area contributed by atoms with Crippen molar-refractivity contribution in [3.05, 3.63) is 29.7 Å². The summed E-state index contributed by atoms with van der Waals surface area (Å²) in [6, 6.07) is 3.78. The van der Waals surface area contributed by atoms with Crippen molar-refractivity contribution in [1.29, 1.82) is 0 Å². The van der Waals surface area contributed by atoms with E-state index in [1.807, 2.05) is 25.5 Å². The molecule has 0 radical (unpaired) electrons. The fourth-order valence-corrected chi connectivity index (χ4v) is 3.74. The summed E-state index contributed by atoms with van der Waals surface area (Å²) in [5, 5.41) is 7.75. The van der Waals surface area contributed by atoms with Crippen molar-refractivity contribution >= 4 is 23.1 Å². The Morgan fingerprint density at radius 1 is 1.33 bits per heavy atom. The first-order valence-electron chi connectivity index (χ1n) is 9.72. The third-order valence-corrected chi connectivity index (χ3v) is 5.44. The number of fused-ring (bicyclic) bond motifs is 1. The average molecular weight is 373 g/mol. The largest absolute Gasteiger partial charge is 0.341 e. The molecule has 2 aromatic rings. The molecule has 6 heteroatoms. The minimum atomic E-state index is -0.642. The SMILES string of the molecule is CC(C)(C)C(C=O)NC(=O)c1nn(CC2CCCCC2)c2ccc(F)cc12. The fraction of sp³-hybridized carbons (Fsp3) is 0.571. The second-order valence-electron chi connectivity index (χ2n) is 8.65. The van der Waals surface area contributed by atoms with Gasteiger partial charge in [-0.25, -0.2) is 4.39 Å². The van der Waals surface area contributed by atoms with Gasteiger partial charge in [0.2, 0.25) is 0 Å².